The van der Waals surface area contributed by atoms with Crippen molar-refractivity contribution < 1.29 is 23.4 Å². The van der Waals surface area contributed by atoms with Crippen LogP contribution in [0.3, 0.4) is 0 Å². The minimum atomic E-state index is -3.43. The Bertz CT molecular complexity index is 1790. The summed E-state index contributed by atoms with van der Waals surface area (Å²) in [5, 5.41) is 22.5. The number of benzene rings is 3. The van der Waals surface area contributed by atoms with Gasteiger partial charge in [0.1, 0.15) is 0 Å². The minimum absolute atomic E-state index is 0.0479. The quantitative estimate of drug-likeness (QED) is 0.258. The van der Waals surface area contributed by atoms with Crippen LogP contribution < -0.4 is 0 Å². The van der Waals surface area contributed by atoms with Crippen molar-refractivity contribution >= 4 is 37.2 Å². The van der Waals surface area contributed by atoms with Crippen molar-refractivity contribution in [2.45, 2.75) is 31.1 Å². The Labute approximate surface area is 224 Å². The Morgan fingerprint density at radius 2 is 1.61 bits per heavy atom. The monoisotopic (exact) mass is 546 g/mol. The van der Waals surface area contributed by atoms with Crippen LogP contribution in [0.25, 0.3) is 26.6 Å². The molecule has 9 heteroatoms. The second-order valence-corrected chi connectivity index (χ2v) is 13.2. The van der Waals surface area contributed by atoms with Gasteiger partial charge in [-0.1, -0.05) is 86.7 Å². The van der Waals surface area contributed by atoms with Crippen LogP contribution in [0, 0.1) is 0 Å². The van der Waals surface area contributed by atoms with E-state index in [2.05, 4.69) is 25.8 Å². The number of hydrogen-bond acceptors (Lipinski definition) is 7. The molecule has 3 aromatic carbocycles. The maximum Gasteiger partial charge on any atom is 0.242 e. The zero-order valence-electron chi connectivity index (χ0n) is 21.3. The topological polar surface area (TPSA) is 109 Å². The van der Waals surface area contributed by atoms with E-state index in [1.807, 2.05) is 24.3 Å². The highest BCUT2D eigenvalue weighted by molar-refractivity contribution is 7.90. The molecule has 0 aliphatic heterocycles. The first kappa shape index (κ1) is 25.7. The number of nitrogens with zero attached hydrogens (tertiary/aromatic N) is 2. The lowest BCUT2D eigenvalue weighted by atomic mass is 9.86. The van der Waals surface area contributed by atoms with Gasteiger partial charge in [0.15, 0.2) is 26.5 Å². The van der Waals surface area contributed by atoms with Crippen LogP contribution in [0.5, 0.6) is 11.6 Å². The lowest BCUT2D eigenvalue weighted by Crippen LogP contribution is -2.10. The van der Waals surface area contributed by atoms with E-state index in [0.29, 0.717) is 21.3 Å². The molecule has 0 aliphatic carbocycles. The molecule has 2 N–H and O–H groups in total. The molecule has 5 aromatic rings. The van der Waals surface area contributed by atoms with E-state index in [9.17, 15) is 23.4 Å². The summed E-state index contributed by atoms with van der Waals surface area (Å²) in [7, 11) is -3.43. The molecule has 0 saturated carbocycles. The van der Waals surface area contributed by atoms with Gasteiger partial charge in [-0.3, -0.25) is 9.36 Å². The molecule has 2 heterocycles. The van der Waals surface area contributed by atoms with Crippen molar-refractivity contribution in [1.29, 1.82) is 0 Å². The van der Waals surface area contributed by atoms with E-state index in [4.69, 9.17) is 0 Å². The Balaban J connectivity index is 1.78. The molecule has 38 heavy (non-hydrogen) atoms. The largest absolute Gasteiger partial charge is 0.503 e. The lowest BCUT2D eigenvalue weighted by molar-refractivity contribution is 0.103. The Morgan fingerprint density at radius 3 is 2.21 bits per heavy atom. The van der Waals surface area contributed by atoms with Crippen molar-refractivity contribution in [1.82, 2.24) is 9.55 Å². The molecule has 0 fully saturated rings. The number of aromatic hydroxyl groups is 2. The first-order valence-corrected chi connectivity index (χ1v) is 14.6. The van der Waals surface area contributed by atoms with Crippen molar-refractivity contribution in [2.75, 3.05) is 6.26 Å². The molecule has 0 saturated heterocycles. The molecule has 0 aliphatic rings. The molecular weight excluding hydrogens is 520 g/mol. The summed E-state index contributed by atoms with van der Waals surface area (Å²) in [6, 6.07) is 20.7. The smallest absolute Gasteiger partial charge is 0.242 e. The van der Waals surface area contributed by atoms with Crippen LogP contribution in [0.2, 0.25) is 0 Å². The molecule has 2 aromatic heterocycles. The molecule has 0 unspecified atom stereocenters. The van der Waals surface area contributed by atoms with E-state index < -0.39 is 27.2 Å². The van der Waals surface area contributed by atoms with Gasteiger partial charge >= 0.3 is 0 Å². The highest BCUT2D eigenvalue weighted by atomic mass is 32.2. The second kappa shape index (κ2) is 9.11. The summed E-state index contributed by atoms with van der Waals surface area (Å²) >= 11 is 1.15. The first-order valence-electron chi connectivity index (χ1n) is 11.8. The van der Waals surface area contributed by atoms with Crippen LogP contribution in [-0.2, 0) is 15.3 Å². The summed E-state index contributed by atoms with van der Waals surface area (Å²) in [4.78, 5) is 18.4. The number of thiazole rings is 1. The summed E-state index contributed by atoms with van der Waals surface area (Å²) < 4.78 is 26.1. The number of fused-ring (bicyclic) bond motifs is 1. The summed E-state index contributed by atoms with van der Waals surface area (Å²) in [6.07, 6.45) is 1.13. The third kappa shape index (κ3) is 4.48. The molecular formula is C29H26N2O5S2. The number of ketones is 1. The molecule has 0 bridgehead atoms. The summed E-state index contributed by atoms with van der Waals surface area (Å²) in [6.45, 7) is 6.29. The van der Waals surface area contributed by atoms with Gasteiger partial charge in [0, 0.05) is 11.8 Å². The van der Waals surface area contributed by atoms with Gasteiger partial charge in [0.25, 0.3) is 0 Å². The van der Waals surface area contributed by atoms with Gasteiger partial charge in [-0.15, -0.1) is 0 Å². The first-order chi connectivity index (χ1) is 17.9. The number of sulfone groups is 1. The molecule has 194 valence electrons. The number of carbonyl (C=O) groups excluding carboxylic acids is 1. The molecule has 5 rings (SSSR count). The van der Waals surface area contributed by atoms with E-state index >= 15 is 0 Å². The number of rotatable bonds is 5. The normalized spacial score (nSPS) is 12.2. The standard InChI is InChI=1S/C29H26N2O5S2/c1-29(2,3)19-12-10-17(11-13-19)24-23(25(32)18-8-6-5-7-9-18)26(33)27(34)31(24)28-30-21-15-14-20(38(4,35)36)16-22(21)37-28/h5-16,33-34H,1-4H3. The molecule has 0 atom stereocenters. The zero-order valence-corrected chi connectivity index (χ0v) is 22.9. The van der Waals surface area contributed by atoms with Crippen LogP contribution in [-0.4, -0.2) is 40.2 Å². The molecule has 7 nitrogen and oxygen atoms in total. The molecule has 0 spiro atoms. The number of hydrogen-bond donors (Lipinski definition) is 2. The van der Waals surface area contributed by atoms with Gasteiger partial charge in [0.05, 0.1) is 26.4 Å². The lowest BCUT2D eigenvalue weighted by Gasteiger charge is -2.19. The summed E-state index contributed by atoms with van der Waals surface area (Å²) in [5.41, 5.74) is 2.70. The van der Waals surface area contributed by atoms with Gasteiger partial charge < -0.3 is 10.2 Å². The van der Waals surface area contributed by atoms with Gasteiger partial charge in [0.2, 0.25) is 5.88 Å². The van der Waals surface area contributed by atoms with Crippen molar-refractivity contribution in [3.8, 4) is 28.0 Å². The van der Waals surface area contributed by atoms with Crippen LogP contribution >= 0.6 is 11.3 Å². The predicted octanol–water partition coefficient (Wildman–Crippen LogP) is 6.10. The van der Waals surface area contributed by atoms with Crippen LogP contribution in [0.4, 0.5) is 0 Å². The molecule has 0 radical (unpaired) electrons. The highest BCUT2D eigenvalue weighted by Crippen LogP contribution is 2.45. The van der Waals surface area contributed by atoms with Crippen LogP contribution in [0.15, 0.2) is 77.7 Å². The van der Waals surface area contributed by atoms with Gasteiger partial charge in [-0.05, 0) is 34.7 Å². The zero-order chi connectivity index (χ0) is 27.4. The summed E-state index contributed by atoms with van der Waals surface area (Å²) in [5.74, 6) is -1.53. The Morgan fingerprint density at radius 1 is 0.947 bits per heavy atom. The van der Waals surface area contributed by atoms with Crippen LogP contribution in [0.1, 0.15) is 42.3 Å². The SMILES string of the molecule is CC(C)(C)c1ccc(-c2c(C(=O)c3ccccc3)c(O)c(O)n2-c2nc3ccc(S(C)(=O)=O)cc3s2)cc1. The van der Waals surface area contributed by atoms with Gasteiger partial charge in [-0.2, -0.15) is 0 Å². The average Bonchev–Trinajstić information content (AvgIpc) is 3.41. The van der Waals surface area contributed by atoms with E-state index in [0.717, 1.165) is 23.2 Å². The van der Waals surface area contributed by atoms with E-state index in [-0.39, 0.29) is 26.7 Å². The number of carbonyl (C=O) groups is 1. The van der Waals surface area contributed by atoms with Crippen molar-refractivity contribution in [3.05, 3.63) is 89.5 Å². The molecule has 0 amide bonds. The maximum atomic E-state index is 13.6. The number of aromatic nitrogens is 2. The maximum absolute atomic E-state index is 13.6. The fourth-order valence-electron chi connectivity index (χ4n) is 4.30. The third-order valence-electron chi connectivity index (χ3n) is 6.38. The van der Waals surface area contributed by atoms with E-state index in [1.165, 1.54) is 16.7 Å². The van der Waals surface area contributed by atoms with E-state index in [1.54, 1.807) is 36.4 Å². The fraction of sp³-hybridized carbons (Fsp3) is 0.172. The second-order valence-electron chi connectivity index (χ2n) is 10.2. The van der Waals surface area contributed by atoms with Crippen molar-refractivity contribution in [3.63, 3.8) is 0 Å². The average molecular weight is 547 g/mol. The van der Waals surface area contributed by atoms with Crippen molar-refractivity contribution in [2.24, 2.45) is 0 Å². The Hall–Kier alpha value is -3.95. The predicted molar refractivity (Wildman–Crippen MR) is 149 cm³/mol. The Kier molecular flexibility index (Phi) is 6.16. The fourth-order valence-corrected chi connectivity index (χ4v) is 6.04. The minimum Gasteiger partial charge on any atom is -0.503 e. The van der Waals surface area contributed by atoms with Gasteiger partial charge in [-0.25, -0.2) is 13.4 Å². The third-order valence-corrected chi connectivity index (χ3v) is 8.49. The highest BCUT2D eigenvalue weighted by Gasteiger charge is 2.31.